The van der Waals surface area contributed by atoms with Gasteiger partial charge in [0.1, 0.15) is 9.35 Å². The maximum Gasteiger partial charge on any atom is 0.145 e. The Kier molecular flexibility index (Phi) is 3.75. The fourth-order valence-electron chi connectivity index (χ4n) is 2.67. The third-order valence-electron chi connectivity index (χ3n) is 3.77. The van der Waals surface area contributed by atoms with E-state index in [1.807, 2.05) is 42.7 Å². The lowest BCUT2D eigenvalue weighted by molar-refractivity contribution is 1.12. The molecule has 3 heterocycles. The van der Waals surface area contributed by atoms with E-state index >= 15 is 0 Å². The summed E-state index contributed by atoms with van der Waals surface area (Å²) < 4.78 is 3.09. The summed E-state index contributed by atoms with van der Waals surface area (Å²) in [7, 11) is 0. The predicted octanol–water partition coefficient (Wildman–Crippen LogP) is 5.26. The Hall–Kier alpha value is -2.34. The molecule has 0 aliphatic rings. The van der Waals surface area contributed by atoms with E-state index in [4.69, 9.17) is 0 Å². The summed E-state index contributed by atoms with van der Waals surface area (Å²) in [5.41, 5.74) is 2.24. The Balaban J connectivity index is 0.000000130. The van der Waals surface area contributed by atoms with Crippen LogP contribution in [0.15, 0.2) is 79.3 Å². The highest BCUT2D eigenvalue weighted by atomic mass is 127. The fraction of sp³-hybridized carbons (Fsp3) is 0. The highest BCUT2D eigenvalue weighted by Gasteiger charge is 2.02. The standard InChI is InChI=1S/C11H7IN2.C8H7N/c12-10-5-6-14-7-8-3-1-2-4-9(8)11(14)13-10;1-2-4-8-7(3-1)5-6-9-8/h1-7H;1-6,9H. The minimum Gasteiger partial charge on any atom is -0.361 e. The number of aromatic amines is 1. The lowest BCUT2D eigenvalue weighted by atomic mass is 10.2. The molecular formula is C19H14IN3. The van der Waals surface area contributed by atoms with Gasteiger partial charge in [-0.05, 0) is 46.2 Å². The average molecular weight is 411 g/mol. The van der Waals surface area contributed by atoms with E-state index in [2.05, 4.69) is 73.5 Å². The zero-order valence-electron chi connectivity index (χ0n) is 12.3. The molecule has 0 spiro atoms. The van der Waals surface area contributed by atoms with Crippen molar-refractivity contribution >= 4 is 49.9 Å². The molecule has 0 unspecified atom stereocenters. The van der Waals surface area contributed by atoms with Gasteiger partial charge in [-0.15, -0.1) is 0 Å². The van der Waals surface area contributed by atoms with Crippen molar-refractivity contribution in [2.75, 3.05) is 0 Å². The van der Waals surface area contributed by atoms with Crippen molar-refractivity contribution < 1.29 is 0 Å². The minimum absolute atomic E-state index is 1.03. The van der Waals surface area contributed by atoms with Crippen LogP contribution < -0.4 is 0 Å². The maximum atomic E-state index is 4.51. The number of para-hydroxylation sites is 1. The third-order valence-corrected chi connectivity index (χ3v) is 4.37. The SMILES string of the molecule is Ic1ccn2cc3ccccc3c2n1.c1ccc2[nH]ccc2c1. The molecule has 0 radical (unpaired) electrons. The van der Waals surface area contributed by atoms with Crippen LogP contribution in [0.1, 0.15) is 0 Å². The van der Waals surface area contributed by atoms with E-state index in [1.165, 1.54) is 21.7 Å². The van der Waals surface area contributed by atoms with Crippen LogP contribution in [0.4, 0.5) is 0 Å². The number of H-pyrrole nitrogens is 1. The van der Waals surface area contributed by atoms with Crippen molar-refractivity contribution in [1.82, 2.24) is 14.4 Å². The summed E-state index contributed by atoms with van der Waals surface area (Å²) in [6, 6.07) is 20.6. The third kappa shape index (κ3) is 2.82. The lowest BCUT2D eigenvalue weighted by Crippen LogP contribution is -1.87. The van der Waals surface area contributed by atoms with Crippen LogP contribution in [0, 0.1) is 3.70 Å². The van der Waals surface area contributed by atoms with E-state index in [-0.39, 0.29) is 0 Å². The van der Waals surface area contributed by atoms with Gasteiger partial charge in [0.05, 0.1) is 0 Å². The van der Waals surface area contributed by atoms with Crippen LogP contribution in [0.5, 0.6) is 0 Å². The highest BCUT2D eigenvalue weighted by Crippen LogP contribution is 2.20. The molecule has 3 aromatic heterocycles. The zero-order valence-corrected chi connectivity index (χ0v) is 14.4. The van der Waals surface area contributed by atoms with Crippen molar-refractivity contribution in [3.8, 4) is 0 Å². The maximum absolute atomic E-state index is 4.51. The monoisotopic (exact) mass is 411 g/mol. The molecule has 5 rings (SSSR count). The quantitative estimate of drug-likeness (QED) is 0.274. The molecule has 0 saturated heterocycles. The van der Waals surface area contributed by atoms with Crippen molar-refractivity contribution in [1.29, 1.82) is 0 Å². The molecule has 0 amide bonds. The summed E-state index contributed by atoms with van der Waals surface area (Å²) in [6.45, 7) is 0. The molecule has 3 nitrogen and oxygen atoms in total. The topological polar surface area (TPSA) is 33.1 Å². The Bertz CT molecular complexity index is 1060. The first-order chi connectivity index (χ1) is 11.3. The normalized spacial score (nSPS) is 10.8. The second-order valence-electron chi connectivity index (χ2n) is 5.26. The number of nitrogens with zero attached hydrogens (tertiary/aromatic N) is 2. The molecule has 0 aliphatic heterocycles. The van der Waals surface area contributed by atoms with Crippen LogP contribution in [0.2, 0.25) is 0 Å². The van der Waals surface area contributed by atoms with Crippen LogP contribution in [-0.4, -0.2) is 14.4 Å². The molecule has 0 aliphatic carbocycles. The average Bonchev–Trinajstić information content (AvgIpc) is 3.19. The minimum atomic E-state index is 1.03. The highest BCUT2D eigenvalue weighted by molar-refractivity contribution is 14.1. The number of fused-ring (bicyclic) bond motifs is 4. The van der Waals surface area contributed by atoms with Gasteiger partial charge in [-0.25, -0.2) is 4.98 Å². The summed E-state index contributed by atoms with van der Waals surface area (Å²) in [5, 5.41) is 3.73. The van der Waals surface area contributed by atoms with Crippen molar-refractivity contribution in [3.05, 3.63) is 83.0 Å². The molecule has 0 bridgehead atoms. The smallest absolute Gasteiger partial charge is 0.145 e. The van der Waals surface area contributed by atoms with Gasteiger partial charge in [-0.1, -0.05) is 42.5 Å². The summed E-state index contributed by atoms with van der Waals surface area (Å²) in [6.07, 6.45) is 6.10. The van der Waals surface area contributed by atoms with Gasteiger partial charge in [0.15, 0.2) is 0 Å². The zero-order chi connectivity index (χ0) is 15.6. The van der Waals surface area contributed by atoms with E-state index in [0.29, 0.717) is 0 Å². The number of hydrogen-bond donors (Lipinski definition) is 1. The van der Waals surface area contributed by atoms with Crippen LogP contribution in [-0.2, 0) is 0 Å². The van der Waals surface area contributed by atoms with Gasteiger partial charge in [0, 0.05) is 34.9 Å². The molecule has 23 heavy (non-hydrogen) atoms. The number of halogens is 1. The van der Waals surface area contributed by atoms with Gasteiger partial charge < -0.3 is 9.38 Å². The Morgan fingerprint density at radius 2 is 1.65 bits per heavy atom. The molecule has 2 aromatic carbocycles. The van der Waals surface area contributed by atoms with Crippen molar-refractivity contribution in [2.24, 2.45) is 0 Å². The van der Waals surface area contributed by atoms with E-state index < -0.39 is 0 Å². The van der Waals surface area contributed by atoms with Gasteiger partial charge in [0.25, 0.3) is 0 Å². The van der Waals surface area contributed by atoms with E-state index in [1.54, 1.807) is 0 Å². The molecule has 1 N–H and O–H groups in total. The molecular weight excluding hydrogens is 397 g/mol. The summed E-state index contributed by atoms with van der Waals surface area (Å²) in [5.74, 6) is 0. The Labute approximate surface area is 147 Å². The van der Waals surface area contributed by atoms with Gasteiger partial charge >= 0.3 is 0 Å². The number of hydrogen-bond acceptors (Lipinski definition) is 1. The Morgan fingerprint density at radius 1 is 0.870 bits per heavy atom. The largest absolute Gasteiger partial charge is 0.361 e. The first-order valence-electron chi connectivity index (χ1n) is 7.35. The summed E-state index contributed by atoms with van der Waals surface area (Å²) in [4.78, 5) is 7.63. The van der Waals surface area contributed by atoms with E-state index in [0.717, 1.165) is 9.35 Å². The molecule has 0 fully saturated rings. The number of aromatic nitrogens is 3. The Morgan fingerprint density at radius 3 is 2.52 bits per heavy atom. The summed E-state index contributed by atoms with van der Waals surface area (Å²) >= 11 is 2.23. The molecule has 0 atom stereocenters. The first kappa shape index (κ1) is 14.3. The molecule has 112 valence electrons. The van der Waals surface area contributed by atoms with Crippen LogP contribution >= 0.6 is 22.6 Å². The number of rotatable bonds is 0. The van der Waals surface area contributed by atoms with Gasteiger partial charge in [-0.2, -0.15) is 0 Å². The second kappa shape index (κ2) is 6.04. The number of benzene rings is 2. The second-order valence-corrected chi connectivity index (χ2v) is 6.37. The molecule has 5 aromatic rings. The van der Waals surface area contributed by atoms with E-state index in [9.17, 15) is 0 Å². The van der Waals surface area contributed by atoms with Crippen LogP contribution in [0.3, 0.4) is 0 Å². The fourth-order valence-corrected chi connectivity index (χ4v) is 3.06. The first-order valence-corrected chi connectivity index (χ1v) is 8.43. The predicted molar refractivity (Wildman–Crippen MR) is 104 cm³/mol. The van der Waals surface area contributed by atoms with Crippen molar-refractivity contribution in [3.63, 3.8) is 0 Å². The number of nitrogens with one attached hydrogen (secondary N) is 1. The van der Waals surface area contributed by atoms with Gasteiger partial charge in [0.2, 0.25) is 0 Å². The van der Waals surface area contributed by atoms with Crippen molar-refractivity contribution in [2.45, 2.75) is 0 Å². The van der Waals surface area contributed by atoms with Gasteiger partial charge in [-0.3, -0.25) is 0 Å². The van der Waals surface area contributed by atoms with Crippen LogP contribution in [0.25, 0.3) is 27.3 Å². The molecule has 4 heteroatoms. The molecule has 0 saturated carbocycles. The lowest BCUT2D eigenvalue weighted by Gasteiger charge is -1.93.